The fourth-order valence-corrected chi connectivity index (χ4v) is 2.74. The SMILES string of the molecule is COc1ccc(CN2CC(C)OC(C)C2)cc1C(=N)N. The van der Waals surface area contributed by atoms with E-state index in [-0.39, 0.29) is 18.0 Å². The Hall–Kier alpha value is -1.59. The second kappa shape index (κ2) is 6.24. The van der Waals surface area contributed by atoms with Gasteiger partial charge in [0.2, 0.25) is 0 Å². The van der Waals surface area contributed by atoms with Crippen LogP contribution >= 0.6 is 0 Å². The monoisotopic (exact) mass is 277 g/mol. The van der Waals surface area contributed by atoms with Crippen molar-refractivity contribution in [1.82, 2.24) is 4.90 Å². The zero-order chi connectivity index (χ0) is 14.7. The Morgan fingerprint density at radius 1 is 1.40 bits per heavy atom. The lowest BCUT2D eigenvalue weighted by molar-refractivity contribution is -0.0704. The normalized spacial score (nSPS) is 23.6. The molecule has 0 spiro atoms. The number of nitrogens with one attached hydrogen (secondary N) is 1. The summed E-state index contributed by atoms with van der Waals surface area (Å²) in [5.74, 6) is 0.678. The van der Waals surface area contributed by atoms with Gasteiger partial charge in [0.25, 0.3) is 0 Å². The quantitative estimate of drug-likeness (QED) is 0.647. The number of amidine groups is 1. The van der Waals surface area contributed by atoms with Crippen molar-refractivity contribution >= 4 is 5.84 Å². The first-order valence-electron chi connectivity index (χ1n) is 6.88. The molecule has 0 amide bonds. The molecule has 0 aromatic heterocycles. The van der Waals surface area contributed by atoms with Crippen molar-refractivity contribution < 1.29 is 9.47 Å². The Balaban J connectivity index is 2.13. The summed E-state index contributed by atoms with van der Waals surface area (Å²) in [5, 5.41) is 7.62. The standard InChI is InChI=1S/C15H23N3O2/c1-10-7-18(8-11(2)20-10)9-12-4-5-14(19-3)13(6-12)15(16)17/h4-6,10-11H,7-9H2,1-3H3,(H3,16,17). The van der Waals surface area contributed by atoms with Crippen molar-refractivity contribution in [2.45, 2.75) is 32.6 Å². The molecule has 2 unspecified atom stereocenters. The third-order valence-electron chi connectivity index (χ3n) is 3.46. The summed E-state index contributed by atoms with van der Waals surface area (Å²) in [6.45, 7) is 6.87. The summed E-state index contributed by atoms with van der Waals surface area (Å²) in [4.78, 5) is 2.37. The van der Waals surface area contributed by atoms with Crippen molar-refractivity contribution in [1.29, 1.82) is 5.41 Å². The van der Waals surface area contributed by atoms with E-state index < -0.39 is 0 Å². The zero-order valence-electron chi connectivity index (χ0n) is 12.3. The van der Waals surface area contributed by atoms with Crippen molar-refractivity contribution in [2.24, 2.45) is 5.73 Å². The van der Waals surface area contributed by atoms with Crippen LogP contribution in [0, 0.1) is 5.41 Å². The van der Waals surface area contributed by atoms with Gasteiger partial charge in [-0.05, 0) is 31.5 Å². The van der Waals surface area contributed by atoms with E-state index >= 15 is 0 Å². The number of methoxy groups -OCH3 is 1. The fraction of sp³-hybridized carbons (Fsp3) is 0.533. The average Bonchev–Trinajstić information content (AvgIpc) is 2.37. The second-order valence-electron chi connectivity index (χ2n) is 5.40. The Kier molecular flexibility index (Phi) is 4.62. The highest BCUT2D eigenvalue weighted by Crippen LogP contribution is 2.21. The van der Waals surface area contributed by atoms with Gasteiger partial charge in [-0.1, -0.05) is 6.07 Å². The molecule has 0 bridgehead atoms. The Morgan fingerprint density at radius 2 is 2.05 bits per heavy atom. The average molecular weight is 277 g/mol. The summed E-state index contributed by atoms with van der Waals surface area (Å²) >= 11 is 0. The van der Waals surface area contributed by atoms with Gasteiger partial charge in [-0.3, -0.25) is 10.3 Å². The van der Waals surface area contributed by atoms with Gasteiger partial charge in [0.15, 0.2) is 0 Å². The van der Waals surface area contributed by atoms with Crippen LogP contribution < -0.4 is 10.5 Å². The number of ether oxygens (including phenoxy) is 2. The maximum Gasteiger partial charge on any atom is 0.129 e. The van der Waals surface area contributed by atoms with E-state index in [1.807, 2.05) is 18.2 Å². The van der Waals surface area contributed by atoms with Gasteiger partial charge in [-0.15, -0.1) is 0 Å². The maximum atomic E-state index is 7.62. The molecule has 1 aromatic rings. The smallest absolute Gasteiger partial charge is 0.129 e. The molecule has 1 saturated heterocycles. The van der Waals surface area contributed by atoms with E-state index in [0.29, 0.717) is 11.3 Å². The molecule has 0 saturated carbocycles. The predicted molar refractivity (Wildman–Crippen MR) is 79.3 cm³/mol. The van der Waals surface area contributed by atoms with Crippen molar-refractivity contribution in [3.63, 3.8) is 0 Å². The molecule has 110 valence electrons. The molecule has 2 rings (SSSR count). The number of nitrogens with zero attached hydrogens (tertiary/aromatic N) is 1. The molecule has 2 atom stereocenters. The minimum atomic E-state index is 0.0346. The second-order valence-corrected chi connectivity index (χ2v) is 5.40. The highest BCUT2D eigenvalue weighted by Gasteiger charge is 2.22. The number of rotatable bonds is 4. The number of morpholine rings is 1. The molecule has 1 aliphatic rings. The van der Waals surface area contributed by atoms with Crippen LogP contribution in [0.5, 0.6) is 5.75 Å². The summed E-state index contributed by atoms with van der Waals surface area (Å²) < 4.78 is 11.0. The molecule has 3 N–H and O–H groups in total. The minimum Gasteiger partial charge on any atom is -0.496 e. The van der Waals surface area contributed by atoms with Crippen LogP contribution in [-0.4, -0.2) is 43.1 Å². The molecule has 1 aliphatic heterocycles. The minimum absolute atomic E-state index is 0.0346. The van der Waals surface area contributed by atoms with Crippen molar-refractivity contribution in [3.05, 3.63) is 29.3 Å². The van der Waals surface area contributed by atoms with Gasteiger partial charge in [-0.2, -0.15) is 0 Å². The van der Waals surface area contributed by atoms with E-state index in [1.165, 1.54) is 0 Å². The van der Waals surface area contributed by atoms with Gasteiger partial charge in [0.1, 0.15) is 11.6 Å². The van der Waals surface area contributed by atoms with E-state index in [1.54, 1.807) is 7.11 Å². The highest BCUT2D eigenvalue weighted by atomic mass is 16.5. The first kappa shape index (κ1) is 14.8. The fourth-order valence-electron chi connectivity index (χ4n) is 2.74. The van der Waals surface area contributed by atoms with E-state index in [4.69, 9.17) is 20.6 Å². The van der Waals surface area contributed by atoms with Gasteiger partial charge in [0.05, 0.1) is 24.9 Å². The number of hydrogen-bond donors (Lipinski definition) is 2. The van der Waals surface area contributed by atoms with Crippen LogP contribution in [0.2, 0.25) is 0 Å². The first-order chi connectivity index (χ1) is 9.49. The molecule has 0 aliphatic carbocycles. The lowest BCUT2D eigenvalue weighted by Gasteiger charge is -2.35. The predicted octanol–water partition coefficient (Wildman–Crippen LogP) is 1.59. The molecule has 1 heterocycles. The summed E-state index contributed by atoms with van der Waals surface area (Å²) in [6, 6.07) is 5.83. The molecule has 1 aromatic carbocycles. The number of nitrogens with two attached hydrogens (primary N) is 1. The molecule has 0 radical (unpaired) electrons. The largest absolute Gasteiger partial charge is 0.496 e. The van der Waals surface area contributed by atoms with Gasteiger partial charge < -0.3 is 15.2 Å². The third-order valence-corrected chi connectivity index (χ3v) is 3.46. The van der Waals surface area contributed by atoms with Crippen LogP contribution in [0.15, 0.2) is 18.2 Å². The number of nitrogen functional groups attached to an aromatic ring is 1. The zero-order valence-corrected chi connectivity index (χ0v) is 12.3. The lowest BCUT2D eigenvalue weighted by atomic mass is 10.1. The first-order valence-corrected chi connectivity index (χ1v) is 6.88. The molecular formula is C15H23N3O2. The van der Waals surface area contributed by atoms with E-state index in [9.17, 15) is 0 Å². The topological polar surface area (TPSA) is 71.6 Å². The summed E-state index contributed by atoms with van der Waals surface area (Å²) in [5.41, 5.74) is 7.39. The van der Waals surface area contributed by atoms with E-state index in [2.05, 4.69) is 18.7 Å². The van der Waals surface area contributed by atoms with Gasteiger partial charge >= 0.3 is 0 Å². The molecule has 1 fully saturated rings. The van der Waals surface area contributed by atoms with Crippen molar-refractivity contribution in [3.8, 4) is 5.75 Å². The summed E-state index contributed by atoms with van der Waals surface area (Å²) in [7, 11) is 1.59. The molecule has 5 nitrogen and oxygen atoms in total. The van der Waals surface area contributed by atoms with Crippen LogP contribution in [0.3, 0.4) is 0 Å². The Morgan fingerprint density at radius 3 is 2.60 bits per heavy atom. The molecule has 5 heteroatoms. The molecular weight excluding hydrogens is 254 g/mol. The maximum absolute atomic E-state index is 7.62. The van der Waals surface area contributed by atoms with E-state index in [0.717, 1.165) is 25.2 Å². The third kappa shape index (κ3) is 3.49. The number of hydrogen-bond acceptors (Lipinski definition) is 4. The highest BCUT2D eigenvalue weighted by molar-refractivity contribution is 5.97. The summed E-state index contributed by atoms with van der Waals surface area (Å²) in [6.07, 6.45) is 0.508. The van der Waals surface area contributed by atoms with Crippen LogP contribution in [0.4, 0.5) is 0 Å². The molecule has 20 heavy (non-hydrogen) atoms. The van der Waals surface area contributed by atoms with Crippen LogP contribution in [-0.2, 0) is 11.3 Å². The van der Waals surface area contributed by atoms with Crippen molar-refractivity contribution in [2.75, 3.05) is 20.2 Å². The number of benzene rings is 1. The lowest BCUT2D eigenvalue weighted by Crippen LogP contribution is -2.44. The van der Waals surface area contributed by atoms with Gasteiger partial charge in [0, 0.05) is 19.6 Å². The van der Waals surface area contributed by atoms with Crippen LogP contribution in [0.25, 0.3) is 0 Å². The van der Waals surface area contributed by atoms with Gasteiger partial charge in [-0.25, -0.2) is 0 Å². The Labute approximate surface area is 120 Å². The Bertz CT molecular complexity index is 480. The van der Waals surface area contributed by atoms with Crippen LogP contribution in [0.1, 0.15) is 25.0 Å².